The van der Waals surface area contributed by atoms with Crippen LogP contribution < -0.4 is 4.90 Å². The van der Waals surface area contributed by atoms with Crippen LogP contribution in [0.25, 0.3) is 5.57 Å². The van der Waals surface area contributed by atoms with Crippen molar-refractivity contribution < 1.29 is 19.1 Å². The molecule has 0 N–H and O–H groups in total. The second-order valence-corrected chi connectivity index (χ2v) is 7.78. The zero-order valence-corrected chi connectivity index (χ0v) is 18.9. The maximum Gasteiger partial charge on any atom is 0.282 e. The fourth-order valence-electron chi connectivity index (χ4n) is 3.63. The lowest BCUT2D eigenvalue weighted by Crippen LogP contribution is -2.37. The molecule has 0 aliphatic carbocycles. The largest absolute Gasteiger partial charge is 0.383 e. The number of nitrogens with zero attached hydrogens (tertiary/aromatic N) is 2. The molecule has 1 aliphatic heterocycles. The third-order valence-corrected chi connectivity index (χ3v) is 5.60. The van der Waals surface area contributed by atoms with E-state index in [1.807, 2.05) is 68.1 Å². The maximum atomic E-state index is 13.7. The van der Waals surface area contributed by atoms with Crippen LogP contribution in [0, 0.1) is 20.8 Å². The number of ether oxygens (including phenoxy) is 2. The molecule has 6 nitrogen and oxygen atoms in total. The first-order valence-electron chi connectivity index (χ1n) is 10.4. The van der Waals surface area contributed by atoms with Crippen molar-refractivity contribution in [2.45, 2.75) is 20.8 Å². The van der Waals surface area contributed by atoms with Gasteiger partial charge >= 0.3 is 0 Å². The van der Waals surface area contributed by atoms with E-state index in [9.17, 15) is 9.59 Å². The Labute approximate surface area is 184 Å². The zero-order chi connectivity index (χ0) is 22.5. The first-order valence-corrected chi connectivity index (χ1v) is 10.4. The predicted molar refractivity (Wildman–Crippen MR) is 122 cm³/mol. The highest BCUT2D eigenvalue weighted by Crippen LogP contribution is 2.35. The van der Waals surface area contributed by atoms with E-state index < -0.39 is 0 Å². The van der Waals surface area contributed by atoms with E-state index in [1.54, 1.807) is 14.2 Å². The number of anilines is 1. The standard InChI is InChI=1S/C25H30N2O4/c1-17-6-9-20(10-7-17)22-23(26(12-14-30-4)13-15-31-5)25(29)27(24(22)28)21-11-8-18(2)19(3)16-21/h6-11,16H,12-15H2,1-5H3. The summed E-state index contributed by atoms with van der Waals surface area (Å²) in [6.45, 7) is 7.78. The summed E-state index contributed by atoms with van der Waals surface area (Å²) in [5, 5.41) is 0. The topological polar surface area (TPSA) is 59.1 Å². The minimum atomic E-state index is -0.323. The molecule has 6 heteroatoms. The first kappa shape index (κ1) is 22.7. The monoisotopic (exact) mass is 422 g/mol. The molecule has 3 rings (SSSR count). The van der Waals surface area contributed by atoms with Gasteiger partial charge in [0.1, 0.15) is 5.70 Å². The summed E-state index contributed by atoms with van der Waals surface area (Å²) in [5.41, 5.74) is 5.33. The molecular formula is C25H30N2O4. The van der Waals surface area contributed by atoms with E-state index >= 15 is 0 Å². The van der Waals surface area contributed by atoms with Gasteiger partial charge in [0.25, 0.3) is 11.8 Å². The van der Waals surface area contributed by atoms with Crippen LogP contribution in [0.5, 0.6) is 0 Å². The van der Waals surface area contributed by atoms with Crippen molar-refractivity contribution in [2.24, 2.45) is 0 Å². The minimum absolute atomic E-state index is 0.313. The van der Waals surface area contributed by atoms with Gasteiger partial charge in [-0.15, -0.1) is 0 Å². The molecule has 0 saturated carbocycles. The molecule has 0 unspecified atom stereocenters. The van der Waals surface area contributed by atoms with Crippen LogP contribution in [-0.2, 0) is 19.1 Å². The van der Waals surface area contributed by atoms with Gasteiger partial charge in [-0.2, -0.15) is 0 Å². The number of carbonyl (C=O) groups is 2. The van der Waals surface area contributed by atoms with Crippen molar-refractivity contribution in [2.75, 3.05) is 45.4 Å². The maximum absolute atomic E-state index is 13.7. The van der Waals surface area contributed by atoms with Crippen LogP contribution >= 0.6 is 0 Å². The van der Waals surface area contributed by atoms with Crippen LogP contribution in [-0.4, -0.2) is 57.2 Å². The van der Waals surface area contributed by atoms with E-state index in [0.29, 0.717) is 43.3 Å². The fourth-order valence-corrected chi connectivity index (χ4v) is 3.63. The second-order valence-electron chi connectivity index (χ2n) is 7.78. The molecule has 0 fully saturated rings. The highest BCUT2D eigenvalue weighted by atomic mass is 16.5. The zero-order valence-electron chi connectivity index (χ0n) is 18.9. The molecular weight excluding hydrogens is 392 g/mol. The molecule has 31 heavy (non-hydrogen) atoms. The summed E-state index contributed by atoms with van der Waals surface area (Å²) in [6.07, 6.45) is 0. The Kier molecular flexibility index (Phi) is 7.25. The van der Waals surface area contributed by atoms with E-state index in [4.69, 9.17) is 9.47 Å². The molecule has 0 radical (unpaired) electrons. The lowest BCUT2D eigenvalue weighted by atomic mass is 10.0. The average Bonchev–Trinajstić information content (AvgIpc) is 3.01. The van der Waals surface area contributed by atoms with E-state index in [2.05, 4.69) is 0 Å². The van der Waals surface area contributed by atoms with Crippen molar-refractivity contribution >= 4 is 23.1 Å². The predicted octanol–water partition coefficient (Wildman–Crippen LogP) is 3.49. The molecule has 1 aliphatic rings. The Bertz CT molecular complexity index is 987. The number of imide groups is 1. The minimum Gasteiger partial charge on any atom is -0.383 e. The number of rotatable bonds is 9. The summed E-state index contributed by atoms with van der Waals surface area (Å²) in [5.74, 6) is -0.636. The van der Waals surface area contributed by atoms with Gasteiger partial charge in [-0.25, -0.2) is 4.90 Å². The average molecular weight is 423 g/mol. The van der Waals surface area contributed by atoms with Gasteiger partial charge in [-0.1, -0.05) is 35.9 Å². The smallest absolute Gasteiger partial charge is 0.282 e. The van der Waals surface area contributed by atoms with E-state index in [0.717, 1.165) is 22.3 Å². The number of hydrogen-bond donors (Lipinski definition) is 0. The van der Waals surface area contributed by atoms with Crippen molar-refractivity contribution in [3.05, 3.63) is 70.4 Å². The van der Waals surface area contributed by atoms with Gasteiger partial charge in [-0.05, 0) is 49.6 Å². The summed E-state index contributed by atoms with van der Waals surface area (Å²) < 4.78 is 10.5. The van der Waals surface area contributed by atoms with E-state index in [-0.39, 0.29) is 11.8 Å². The third kappa shape index (κ3) is 4.70. The van der Waals surface area contributed by atoms with Crippen molar-refractivity contribution in [1.29, 1.82) is 0 Å². The Morgan fingerprint density at radius 2 is 1.42 bits per heavy atom. The molecule has 2 aromatic rings. The summed E-state index contributed by atoms with van der Waals surface area (Å²) in [6, 6.07) is 13.3. The quantitative estimate of drug-likeness (QED) is 0.579. The lowest BCUT2D eigenvalue weighted by Gasteiger charge is -2.25. The molecule has 0 aromatic heterocycles. The van der Waals surface area contributed by atoms with Gasteiger partial charge < -0.3 is 14.4 Å². The summed E-state index contributed by atoms with van der Waals surface area (Å²) in [7, 11) is 3.24. The Balaban J connectivity index is 2.13. The summed E-state index contributed by atoms with van der Waals surface area (Å²) >= 11 is 0. The van der Waals surface area contributed by atoms with Crippen molar-refractivity contribution in [3.8, 4) is 0 Å². The van der Waals surface area contributed by atoms with Crippen LogP contribution in [0.2, 0.25) is 0 Å². The highest BCUT2D eigenvalue weighted by molar-refractivity contribution is 6.45. The van der Waals surface area contributed by atoms with Gasteiger partial charge in [-0.3, -0.25) is 9.59 Å². The first-order chi connectivity index (χ1) is 14.9. The molecule has 0 bridgehead atoms. The number of hydrogen-bond acceptors (Lipinski definition) is 5. The molecule has 0 saturated heterocycles. The number of benzene rings is 2. The molecule has 0 spiro atoms. The van der Waals surface area contributed by atoms with Crippen LogP contribution in [0.4, 0.5) is 5.69 Å². The van der Waals surface area contributed by atoms with Crippen LogP contribution in [0.1, 0.15) is 22.3 Å². The van der Waals surface area contributed by atoms with E-state index in [1.165, 1.54) is 4.90 Å². The van der Waals surface area contributed by atoms with Gasteiger partial charge in [0.05, 0.1) is 24.5 Å². The van der Waals surface area contributed by atoms with Crippen LogP contribution in [0.15, 0.2) is 48.2 Å². The van der Waals surface area contributed by atoms with Crippen molar-refractivity contribution in [1.82, 2.24) is 4.90 Å². The normalized spacial score (nSPS) is 14.0. The molecule has 164 valence electrons. The Morgan fingerprint density at radius 3 is 1.97 bits per heavy atom. The fraction of sp³-hybridized carbons (Fsp3) is 0.360. The number of methoxy groups -OCH3 is 2. The van der Waals surface area contributed by atoms with Gasteiger partial charge in [0.15, 0.2) is 0 Å². The second kappa shape index (κ2) is 9.90. The molecule has 2 aromatic carbocycles. The Morgan fingerprint density at radius 1 is 0.806 bits per heavy atom. The summed E-state index contributed by atoms with van der Waals surface area (Å²) in [4.78, 5) is 30.4. The van der Waals surface area contributed by atoms with Gasteiger partial charge in [0.2, 0.25) is 0 Å². The number of amides is 2. The van der Waals surface area contributed by atoms with Crippen LogP contribution in [0.3, 0.4) is 0 Å². The highest BCUT2D eigenvalue weighted by Gasteiger charge is 2.42. The number of aryl methyl sites for hydroxylation is 3. The third-order valence-electron chi connectivity index (χ3n) is 5.60. The lowest BCUT2D eigenvalue weighted by molar-refractivity contribution is -0.120. The molecule has 1 heterocycles. The van der Waals surface area contributed by atoms with Gasteiger partial charge in [0, 0.05) is 27.3 Å². The SMILES string of the molecule is COCCN(CCOC)C1=C(c2ccc(C)cc2)C(=O)N(c2ccc(C)c(C)c2)C1=O. The molecule has 0 atom stereocenters. The van der Waals surface area contributed by atoms with Crippen molar-refractivity contribution in [3.63, 3.8) is 0 Å². The molecule has 2 amide bonds. The Hall–Kier alpha value is -2.96. The number of carbonyl (C=O) groups excluding carboxylic acids is 2.